The lowest BCUT2D eigenvalue weighted by Gasteiger charge is -1.98. The second-order valence-corrected chi connectivity index (χ2v) is 2.73. The average molecular weight is 205 g/mol. The highest BCUT2D eigenvalue weighted by molar-refractivity contribution is 5.73. The van der Waals surface area contributed by atoms with Crippen molar-refractivity contribution in [1.29, 1.82) is 0 Å². The van der Waals surface area contributed by atoms with Crippen LogP contribution in [0.25, 0.3) is 0 Å². The summed E-state index contributed by atoms with van der Waals surface area (Å²) in [5.41, 5.74) is 7.33. The Bertz CT molecular complexity index is 341. The molecule has 1 aromatic rings. The molecule has 1 rings (SSSR count). The predicted octanol–water partition coefficient (Wildman–Crippen LogP) is 2.90. The summed E-state index contributed by atoms with van der Waals surface area (Å²) in [5, 5.41) is 0. The predicted molar refractivity (Wildman–Crippen MR) is 66.5 cm³/mol. The number of aromatic nitrogens is 1. The molecule has 0 aliphatic heterocycles. The van der Waals surface area contributed by atoms with Crippen molar-refractivity contribution in [3.63, 3.8) is 0 Å². The average Bonchev–Trinajstić information content (AvgIpc) is 2.27. The van der Waals surface area contributed by atoms with Gasteiger partial charge in [0.1, 0.15) is 0 Å². The lowest BCUT2D eigenvalue weighted by atomic mass is 10.2. The molecule has 0 atom stereocenters. The van der Waals surface area contributed by atoms with Gasteiger partial charge in [-0.05, 0) is 37.8 Å². The van der Waals surface area contributed by atoms with E-state index in [2.05, 4.69) is 9.98 Å². The summed E-state index contributed by atoms with van der Waals surface area (Å²) in [4.78, 5) is 8.37. The Morgan fingerprint density at radius 2 is 1.93 bits per heavy atom. The van der Waals surface area contributed by atoms with Crippen LogP contribution >= 0.6 is 0 Å². The maximum Gasteiger partial charge on any atom is 0.152 e. The Balaban J connectivity index is 0.000000921. The van der Waals surface area contributed by atoms with E-state index in [9.17, 15) is 0 Å². The van der Waals surface area contributed by atoms with E-state index >= 15 is 0 Å². The minimum Gasteiger partial charge on any atom is -0.405 e. The molecule has 3 heteroatoms. The number of rotatable bonds is 2. The van der Waals surface area contributed by atoms with Gasteiger partial charge in [-0.2, -0.15) is 0 Å². The number of nitrogens with zero attached hydrogens (tertiary/aromatic N) is 2. The smallest absolute Gasteiger partial charge is 0.152 e. The van der Waals surface area contributed by atoms with E-state index in [-0.39, 0.29) is 0 Å². The number of aliphatic imine (C=N–C) groups is 1. The summed E-state index contributed by atoms with van der Waals surface area (Å²) >= 11 is 0. The second-order valence-electron chi connectivity index (χ2n) is 2.73. The van der Waals surface area contributed by atoms with Crippen LogP contribution < -0.4 is 5.73 Å². The normalized spacial score (nSPS) is 10.4. The molecule has 1 aromatic heterocycles. The Kier molecular flexibility index (Phi) is 6.89. The highest BCUT2D eigenvalue weighted by atomic mass is 14.9. The first kappa shape index (κ1) is 13.4. The third-order valence-electron chi connectivity index (χ3n) is 1.74. The largest absolute Gasteiger partial charge is 0.405 e. The van der Waals surface area contributed by atoms with E-state index in [0.717, 1.165) is 5.69 Å². The van der Waals surface area contributed by atoms with E-state index in [1.54, 1.807) is 12.3 Å². The summed E-state index contributed by atoms with van der Waals surface area (Å²) in [6, 6.07) is 3.88. The van der Waals surface area contributed by atoms with Crippen molar-refractivity contribution in [3.8, 4) is 0 Å². The molecule has 0 bridgehead atoms. The van der Waals surface area contributed by atoms with Crippen LogP contribution in [-0.2, 0) is 0 Å². The van der Waals surface area contributed by atoms with Gasteiger partial charge in [0.25, 0.3) is 0 Å². The number of aryl methyl sites for hydroxylation is 2. The molecule has 82 valence electrons. The monoisotopic (exact) mass is 205 g/mol. The number of hydrogen-bond acceptors (Lipinski definition) is 3. The molecule has 15 heavy (non-hydrogen) atoms. The summed E-state index contributed by atoms with van der Waals surface area (Å²) in [6.07, 6.45) is 4.72. The zero-order valence-corrected chi connectivity index (χ0v) is 9.86. The van der Waals surface area contributed by atoms with Gasteiger partial charge in [-0.3, -0.25) is 0 Å². The van der Waals surface area contributed by atoms with Crippen LogP contribution in [0.2, 0.25) is 0 Å². The standard InChI is InChI=1S/C10H13N3.C2H6/c1-8-4-5-10(13-9(8)2)12-7-3-6-11;1-2/h3-7H,11H2,1-2H3;1-2H3/b6-3-,12-7?;. The van der Waals surface area contributed by atoms with Crippen molar-refractivity contribution in [2.24, 2.45) is 10.7 Å². The molecule has 0 fully saturated rings. The molecule has 2 N–H and O–H groups in total. The lowest BCUT2D eigenvalue weighted by molar-refractivity contribution is 1.14. The van der Waals surface area contributed by atoms with Gasteiger partial charge in [-0.15, -0.1) is 0 Å². The van der Waals surface area contributed by atoms with Crippen LogP contribution in [0.1, 0.15) is 25.1 Å². The zero-order valence-electron chi connectivity index (χ0n) is 9.86. The maximum absolute atomic E-state index is 5.15. The van der Waals surface area contributed by atoms with Crippen LogP contribution in [-0.4, -0.2) is 11.2 Å². The summed E-state index contributed by atoms with van der Waals surface area (Å²) in [6.45, 7) is 7.99. The Hall–Kier alpha value is -1.64. The maximum atomic E-state index is 5.15. The van der Waals surface area contributed by atoms with Crippen molar-refractivity contribution in [3.05, 3.63) is 35.7 Å². The van der Waals surface area contributed by atoms with Crippen LogP contribution in [0, 0.1) is 13.8 Å². The Labute approximate surface area is 91.8 Å². The van der Waals surface area contributed by atoms with Crippen LogP contribution in [0.15, 0.2) is 29.4 Å². The molecule has 0 unspecified atom stereocenters. The van der Waals surface area contributed by atoms with Gasteiger partial charge < -0.3 is 5.73 Å². The van der Waals surface area contributed by atoms with E-state index in [4.69, 9.17) is 5.73 Å². The Morgan fingerprint density at radius 3 is 2.47 bits per heavy atom. The molecule has 0 aliphatic rings. The summed E-state index contributed by atoms with van der Waals surface area (Å²) < 4.78 is 0. The minimum absolute atomic E-state index is 0.709. The quantitative estimate of drug-likeness (QED) is 0.755. The van der Waals surface area contributed by atoms with Crippen molar-refractivity contribution >= 4 is 12.0 Å². The molecule has 0 amide bonds. The molecule has 0 saturated heterocycles. The van der Waals surface area contributed by atoms with Gasteiger partial charge in [0, 0.05) is 11.9 Å². The van der Waals surface area contributed by atoms with Crippen molar-refractivity contribution in [1.82, 2.24) is 4.98 Å². The van der Waals surface area contributed by atoms with E-state index in [1.165, 1.54) is 11.8 Å². The van der Waals surface area contributed by atoms with Crippen molar-refractivity contribution in [2.45, 2.75) is 27.7 Å². The van der Waals surface area contributed by atoms with Gasteiger partial charge in [-0.25, -0.2) is 9.98 Å². The lowest BCUT2D eigenvalue weighted by Crippen LogP contribution is -1.85. The van der Waals surface area contributed by atoms with Crippen molar-refractivity contribution < 1.29 is 0 Å². The third-order valence-corrected chi connectivity index (χ3v) is 1.74. The molecule has 0 spiro atoms. The number of nitrogens with two attached hydrogens (primary N) is 1. The summed E-state index contributed by atoms with van der Waals surface area (Å²) in [7, 11) is 0. The van der Waals surface area contributed by atoms with Crippen molar-refractivity contribution in [2.75, 3.05) is 0 Å². The second kappa shape index (κ2) is 7.74. The van der Waals surface area contributed by atoms with Crippen LogP contribution in [0.5, 0.6) is 0 Å². The fourth-order valence-corrected chi connectivity index (χ4v) is 0.858. The fraction of sp³-hybridized carbons (Fsp3) is 0.333. The zero-order chi connectivity index (χ0) is 11.7. The molecule has 1 heterocycles. The Morgan fingerprint density at radius 1 is 1.27 bits per heavy atom. The molecule has 3 nitrogen and oxygen atoms in total. The molecule has 0 aliphatic carbocycles. The van der Waals surface area contributed by atoms with Crippen LogP contribution in [0.3, 0.4) is 0 Å². The first-order valence-corrected chi connectivity index (χ1v) is 5.09. The fourth-order valence-electron chi connectivity index (χ4n) is 0.858. The molecule has 0 aromatic carbocycles. The van der Waals surface area contributed by atoms with Crippen LogP contribution in [0.4, 0.5) is 5.82 Å². The molecular weight excluding hydrogens is 186 g/mol. The number of hydrogen-bond donors (Lipinski definition) is 1. The first-order valence-electron chi connectivity index (χ1n) is 5.09. The topological polar surface area (TPSA) is 51.3 Å². The van der Waals surface area contributed by atoms with Gasteiger partial charge in [0.15, 0.2) is 5.82 Å². The van der Waals surface area contributed by atoms with E-state index in [0.29, 0.717) is 5.82 Å². The highest BCUT2D eigenvalue weighted by Gasteiger charge is 1.93. The van der Waals surface area contributed by atoms with Gasteiger partial charge in [0.2, 0.25) is 0 Å². The third kappa shape index (κ3) is 4.96. The molecule has 0 radical (unpaired) electrons. The molecular formula is C12H19N3. The highest BCUT2D eigenvalue weighted by Crippen LogP contribution is 2.11. The van der Waals surface area contributed by atoms with Gasteiger partial charge in [-0.1, -0.05) is 19.9 Å². The van der Waals surface area contributed by atoms with E-state index in [1.807, 2.05) is 39.8 Å². The SMILES string of the molecule is CC.Cc1ccc(N=C/C=C\N)nc1C. The first-order chi connectivity index (χ1) is 7.24. The van der Waals surface area contributed by atoms with E-state index < -0.39 is 0 Å². The number of pyridine rings is 1. The number of allylic oxidation sites excluding steroid dienone is 1. The molecule has 0 saturated carbocycles. The van der Waals surface area contributed by atoms with Gasteiger partial charge in [0.05, 0.1) is 0 Å². The summed E-state index contributed by atoms with van der Waals surface area (Å²) in [5.74, 6) is 0.709. The minimum atomic E-state index is 0.709. The van der Waals surface area contributed by atoms with Gasteiger partial charge >= 0.3 is 0 Å².